The van der Waals surface area contributed by atoms with Crippen LogP contribution in [0, 0.1) is 22.9 Å². The molecule has 8 heteroatoms. The van der Waals surface area contributed by atoms with Gasteiger partial charge in [-0.1, -0.05) is 0 Å². The van der Waals surface area contributed by atoms with Crippen LogP contribution < -0.4 is 5.32 Å². The lowest BCUT2D eigenvalue weighted by Gasteiger charge is -2.04. The molecule has 0 radical (unpaired) electrons. The Balaban J connectivity index is 2.25. The molecule has 1 amide bonds. The molecule has 1 aromatic carbocycles. The third-order valence-electron chi connectivity index (χ3n) is 2.48. The van der Waals surface area contributed by atoms with Crippen molar-refractivity contribution >= 4 is 17.4 Å². The van der Waals surface area contributed by atoms with E-state index in [1.807, 2.05) is 0 Å². The van der Waals surface area contributed by atoms with E-state index in [0.29, 0.717) is 17.4 Å². The van der Waals surface area contributed by atoms with E-state index in [0.717, 1.165) is 12.1 Å². The number of aromatic nitrogens is 2. The number of nitro groups is 1. The van der Waals surface area contributed by atoms with Crippen molar-refractivity contribution in [3.8, 4) is 0 Å². The number of carbonyl (C=O) groups excluding carboxylic acids is 1. The Morgan fingerprint density at radius 1 is 1.53 bits per heavy atom. The van der Waals surface area contributed by atoms with E-state index in [4.69, 9.17) is 0 Å². The molecule has 0 bridgehead atoms. The summed E-state index contributed by atoms with van der Waals surface area (Å²) in [5.41, 5.74) is 0.00189. The fraction of sp³-hybridized carbons (Fsp3) is 0.0909. The summed E-state index contributed by atoms with van der Waals surface area (Å²) in [5.74, 6) is -1.31. The number of nitrogens with one attached hydrogen (secondary N) is 2. The molecular weight excluding hydrogens is 255 g/mol. The molecule has 2 aromatic rings. The largest absolute Gasteiger partial charge is 0.307 e. The second-order valence-corrected chi connectivity index (χ2v) is 3.80. The highest BCUT2D eigenvalue weighted by Gasteiger charge is 2.17. The van der Waals surface area contributed by atoms with E-state index in [-0.39, 0.29) is 5.56 Å². The number of hydrogen-bond donors (Lipinski definition) is 2. The van der Waals surface area contributed by atoms with Crippen LogP contribution in [-0.4, -0.2) is 21.0 Å². The van der Waals surface area contributed by atoms with Gasteiger partial charge in [0.15, 0.2) is 0 Å². The molecule has 7 nitrogen and oxygen atoms in total. The van der Waals surface area contributed by atoms with Crippen LogP contribution in [0.2, 0.25) is 0 Å². The molecule has 0 saturated carbocycles. The molecule has 0 aliphatic heterocycles. The number of benzene rings is 1. The Morgan fingerprint density at radius 2 is 2.26 bits per heavy atom. The van der Waals surface area contributed by atoms with Crippen LogP contribution in [0.15, 0.2) is 24.4 Å². The summed E-state index contributed by atoms with van der Waals surface area (Å²) in [4.78, 5) is 21.5. The van der Waals surface area contributed by atoms with Crippen molar-refractivity contribution in [3.05, 3.63) is 51.5 Å². The Bertz CT molecular complexity index is 653. The predicted molar refractivity (Wildman–Crippen MR) is 64.3 cm³/mol. The van der Waals surface area contributed by atoms with Crippen molar-refractivity contribution < 1.29 is 14.1 Å². The topological polar surface area (TPSA) is 101 Å². The Morgan fingerprint density at radius 3 is 2.79 bits per heavy atom. The normalized spacial score (nSPS) is 10.2. The smallest absolute Gasteiger partial charge is 0.272 e. The van der Waals surface area contributed by atoms with Gasteiger partial charge in [-0.05, 0) is 13.0 Å². The lowest BCUT2D eigenvalue weighted by Crippen LogP contribution is -2.14. The Kier molecular flexibility index (Phi) is 3.23. The van der Waals surface area contributed by atoms with E-state index < -0.39 is 22.3 Å². The quantitative estimate of drug-likeness (QED) is 0.654. The van der Waals surface area contributed by atoms with Gasteiger partial charge in [-0.25, -0.2) is 4.39 Å². The van der Waals surface area contributed by atoms with Crippen LogP contribution in [-0.2, 0) is 0 Å². The van der Waals surface area contributed by atoms with Gasteiger partial charge < -0.3 is 5.32 Å². The van der Waals surface area contributed by atoms with Crippen LogP contribution in [0.3, 0.4) is 0 Å². The summed E-state index contributed by atoms with van der Waals surface area (Å²) in [6.07, 6.45) is 1.50. The summed E-state index contributed by atoms with van der Waals surface area (Å²) in [7, 11) is 0. The zero-order chi connectivity index (χ0) is 14.0. The Hall–Kier alpha value is -2.77. The minimum atomic E-state index is -0.955. The van der Waals surface area contributed by atoms with Gasteiger partial charge in [0.05, 0.1) is 22.7 Å². The van der Waals surface area contributed by atoms with Gasteiger partial charge >= 0.3 is 0 Å². The summed E-state index contributed by atoms with van der Waals surface area (Å²) in [5, 5.41) is 19.1. The number of aromatic amines is 1. The van der Waals surface area contributed by atoms with Crippen molar-refractivity contribution in [2.45, 2.75) is 6.92 Å². The van der Waals surface area contributed by atoms with Crippen molar-refractivity contribution in [1.82, 2.24) is 10.2 Å². The average Bonchev–Trinajstić information content (AvgIpc) is 2.74. The van der Waals surface area contributed by atoms with E-state index in [1.165, 1.54) is 6.20 Å². The molecule has 0 aliphatic carbocycles. The first-order valence-electron chi connectivity index (χ1n) is 5.24. The molecule has 2 rings (SSSR count). The highest BCUT2D eigenvalue weighted by Crippen LogP contribution is 2.18. The fourth-order valence-corrected chi connectivity index (χ4v) is 1.46. The summed E-state index contributed by atoms with van der Waals surface area (Å²) in [6.45, 7) is 1.71. The third kappa shape index (κ3) is 2.57. The lowest BCUT2D eigenvalue weighted by molar-refractivity contribution is -0.385. The molecular formula is C11H9FN4O3. The number of hydrogen-bond acceptors (Lipinski definition) is 4. The van der Waals surface area contributed by atoms with Crippen molar-refractivity contribution in [2.75, 3.05) is 5.32 Å². The van der Waals surface area contributed by atoms with Crippen LogP contribution in [0.25, 0.3) is 0 Å². The van der Waals surface area contributed by atoms with Crippen molar-refractivity contribution in [3.63, 3.8) is 0 Å². The fourth-order valence-electron chi connectivity index (χ4n) is 1.46. The van der Waals surface area contributed by atoms with Crippen LogP contribution in [0.5, 0.6) is 0 Å². The molecule has 0 saturated heterocycles. The highest BCUT2D eigenvalue weighted by atomic mass is 19.1. The monoisotopic (exact) mass is 264 g/mol. The minimum Gasteiger partial charge on any atom is -0.307 e. The first kappa shape index (κ1) is 12.7. The molecule has 0 spiro atoms. The number of amides is 1. The average molecular weight is 264 g/mol. The number of nitrogens with zero attached hydrogens (tertiary/aromatic N) is 2. The van der Waals surface area contributed by atoms with Crippen molar-refractivity contribution in [1.29, 1.82) is 0 Å². The summed E-state index contributed by atoms with van der Waals surface area (Å²) >= 11 is 0. The number of H-pyrrole nitrogens is 1. The van der Waals surface area contributed by atoms with Crippen LogP contribution in [0.1, 0.15) is 15.9 Å². The predicted octanol–water partition coefficient (Wildman–Crippen LogP) is 2.02. The molecule has 0 fully saturated rings. The van der Waals surface area contributed by atoms with E-state index in [2.05, 4.69) is 15.5 Å². The standard InChI is InChI=1S/C11H9FN4O3/c1-6-5-13-15-10(6)14-11(17)8-3-2-7(16(18)19)4-9(8)12/h2-5H,1H3,(H2,13,14,15,17). The molecule has 19 heavy (non-hydrogen) atoms. The minimum absolute atomic E-state index is 0.278. The van der Waals surface area contributed by atoms with Gasteiger partial charge in [-0.2, -0.15) is 5.10 Å². The maximum absolute atomic E-state index is 13.6. The van der Waals surface area contributed by atoms with Crippen LogP contribution in [0.4, 0.5) is 15.9 Å². The van der Waals surface area contributed by atoms with Gasteiger partial charge in [0, 0.05) is 11.6 Å². The van der Waals surface area contributed by atoms with Gasteiger partial charge in [0.1, 0.15) is 11.6 Å². The number of halogens is 1. The molecule has 98 valence electrons. The molecule has 0 aliphatic rings. The maximum atomic E-state index is 13.6. The Labute approximate surface area is 106 Å². The number of carbonyl (C=O) groups is 1. The number of nitro benzene ring substituents is 1. The molecule has 0 atom stereocenters. The van der Waals surface area contributed by atoms with Gasteiger partial charge in [0.25, 0.3) is 11.6 Å². The summed E-state index contributed by atoms with van der Waals surface area (Å²) in [6, 6.07) is 2.83. The van der Waals surface area contributed by atoms with E-state index in [1.54, 1.807) is 6.92 Å². The maximum Gasteiger partial charge on any atom is 0.272 e. The zero-order valence-electron chi connectivity index (χ0n) is 9.81. The SMILES string of the molecule is Cc1cn[nH]c1NC(=O)c1ccc([N+](=O)[O-])cc1F. The molecule has 2 N–H and O–H groups in total. The van der Waals surface area contributed by atoms with Gasteiger partial charge in [-0.3, -0.25) is 20.0 Å². The number of aryl methyl sites for hydroxylation is 1. The van der Waals surface area contributed by atoms with E-state index in [9.17, 15) is 19.3 Å². The number of non-ortho nitro benzene ring substituents is 1. The van der Waals surface area contributed by atoms with Gasteiger partial charge in [-0.15, -0.1) is 0 Å². The van der Waals surface area contributed by atoms with Crippen LogP contribution >= 0.6 is 0 Å². The van der Waals surface area contributed by atoms with Crippen molar-refractivity contribution in [2.24, 2.45) is 0 Å². The molecule has 1 aromatic heterocycles. The molecule has 0 unspecified atom stereocenters. The lowest BCUT2D eigenvalue weighted by atomic mass is 10.2. The van der Waals surface area contributed by atoms with E-state index >= 15 is 0 Å². The first-order valence-corrected chi connectivity index (χ1v) is 5.24. The second-order valence-electron chi connectivity index (χ2n) is 3.80. The molecule has 1 heterocycles. The number of rotatable bonds is 3. The summed E-state index contributed by atoms with van der Waals surface area (Å²) < 4.78 is 13.6. The second kappa shape index (κ2) is 4.84. The highest BCUT2D eigenvalue weighted by molar-refractivity contribution is 6.04. The third-order valence-corrected chi connectivity index (χ3v) is 2.48. The van der Waals surface area contributed by atoms with Gasteiger partial charge in [0.2, 0.25) is 0 Å². The zero-order valence-corrected chi connectivity index (χ0v) is 9.81. The first-order chi connectivity index (χ1) is 8.99. The number of anilines is 1.